The van der Waals surface area contributed by atoms with Crippen LogP contribution in [0, 0.1) is 11.6 Å². The number of carbonyl (C=O) groups is 2. The van der Waals surface area contributed by atoms with E-state index in [0.29, 0.717) is 4.88 Å². The number of aromatic nitrogens is 2. The summed E-state index contributed by atoms with van der Waals surface area (Å²) in [7, 11) is 0. The first-order chi connectivity index (χ1) is 24.9. The molecular formula is C43H23F2N3O2S. The molecule has 3 aliphatic rings. The summed E-state index contributed by atoms with van der Waals surface area (Å²) < 4.78 is 28.2. The average Bonchev–Trinajstić information content (AvgIpc) is 3.85. The van der Waals surface area contributed by atoms with E-state index in [0.717, 1.165) is 73.3 Å². The summed E-state index contributed by atoms with van der Waals surface area (Å²) in [6, 6.07) is 38.7. The Kier molecular flexibility index (Phi) is 6.26. The highest BCUT2D eigenvalue weighted by molar-refractivity contribution is 7.16. The molecule has 0 radical (unpaired) electrons. The van der Waals surface area contributed by atoms with Crippen molar-refractivity contribution in [3.8, 4) is 21.8 Å². The van der Waals surface area contributed by atoms with Gasteiger partial charge in [0, 0.05) is 50.3 Å². The number of halogens is 2. The van der Waals surface area contributed by atoms with E-state index < -0.39 is 28.6 Å². The molecule has 5 nitrogen and oxygen atoms in total. The zero-order valence-corrected chi connectivity index (χ0v) is 27.4. The molecule has 0 fully saturated rings. The molecule has 242 valence electrons. The van der Waals surface area contributed by atoms with E-state index in [1.807, 2.05) is 54.6 Å². The van der Waals surface area contributed by atoms with Crippen LogP contribution in [0.25, 0.3) is 27.9 Å². The van der Waals surface area contributed by atoms with E-state index in [1.54, 1.807) is 18.5 Å². The third-order valence-electron chi connectivity index (χ3n) is 10.1. The minimum atomic E-state index is -1.16. The number of rotatable bonds is 4. The third-order valence-corrected chi connectivity index (χ3v) is 11.2. The summed E-state index contributed by atoms with van der Waals surface area (Å²) >= 11 is 1.47. The Morgan fingerprint density at radius 3 is 1.71 bits per heavy atom. The smallest absolute Gasteiger partial charge is 0.197 e. The molecule has 4 aromatic carbocycles. The Bertz CT molecular complexity index is 2540. The molecule has 0 atom stereocenters. The Balaban J connectivity index is 1.21. The second-order valence-electron chi connectivity index (χ2n) is 12.7. The second-order valence-corrected chi connectivity index (χ2v) is 13.8. The Hall–Kier alpha value is -6.38. The Morgan fingerprint density at radius 2 is 1.14 bits per heavy atom. The Labute approximate surface area is 294 Å². The zero-order chi connectivity index (χ0) is 34.4. The van der Waals surface area contributed by atoms with Crippen LogP contribution in [0.4, 0.5) is 25.8 Å². The number of ketones is 2. The molecule has 0 saturated heterocycles. The van der Waals surface area contributed by atoms with Crippen LogP contribution in [0.1, 0.15) is 47.8 Å². The number of hydrogen-bond acceptors (Lipinski definition) is 6. The Morgan fingerprint density at radius 1 is 0.569 bits per heavy atom. The maximum atomic E-state index is 14.1. The summed E-state index contributed by atoms with van der Waals surface area (Å²) in [6.07, 6.45) is 5.11. The average molecular weight is 684 g/mol. The molecule has 3 aromatic heterocycles. The highest BCUT2D eigenvalue weighted by Gasteiger charge is 2.54. The molecule has 10 rings (SSSR count). The van der Waals surface area contributed by atoms with E-state index >= 15 is 0 Å². The van der Waals surface area contributed by atoms with Crippen LogP contribution in [-0.2, 0) is 5.41 Å². The lowest BCUT2D eigenvalue weighted by Crippen LogP contribution is -2.26. The van der Waals surface area contributed by atoms with Crippen LogP contribution in [0.5, 0.6) is 0 Å². The molecule has 0 bridgehead atoms. The fourth-order valence-electron chi connectivity index (χ4n) is 7.99. The second kappa shape index (κ2) is 10.8. The first kappa shape index (κ1) is 29.5. The molecule has 0 aliphatic heterocycles. The van der Waals surface area contributed by atoms with E-state index in [9.17, 15) is 18.4 Å². The molecular weight excluding hydrogens is 661 g/mol. The van der Waals surface area contributed by atoms with Gasteiger partial charge in [-0.3, -0.25) is 19.6 Å². The lowest BCUT2D eigenvalue weighted by Gasteiger charge is -2.31. The third kappa shape index (κ3) is 4.05. The van der Waals surface area contributed by atoms with Gasteiger partial charge in [0.05, 0.1) is 22.4 Å². The van der Waals surface area contributed by atoms with E-state index in [4.69, 9.17) is 9.97 Å². The molecule has 7 aromatic rings. The molecule has 0 amide bonds. The standard InChI is InChI=1S/C43H23F2N3O2S/c44-36-22-29-30(23-37(36)45)41(50)31(40(29)49)20-27-21-35-42(51-27)28-16-15-26(48(24-9-3-1-4-10-24)25-11-5-2-6-12-25)19-34(28)43(35)32-13-7-17-46-38(32)39-33(43)14-8-18-47-39/h1-23H. The number of hydrogen-bond donors (Lipinski definition) is 0. The number of allylic oxidation sites excluding steroid dienone is 1. The van der Waals surface area contributed by atoms with Gasteiger partial charge in [-0.2, -0.15) is 0 Å². The lowest BCUT2D eigenvalue weighted by atomic mass is 9.71. The summed E-state index contributed by atoms with van der Waals surface area (Å²) in [4.78, 5) is 40.3. The van der Waals surface area contributed by atoms with Crippen molar-refractivity contribution in [1.82, 2.24) is 9.97 Å². The maximum absolute atomic E-state index is 14.1. The van der Waals surface area contributed by atoms with E-state index in [2.05, 4.69) is 59.5 Å². The topological polar surface area (TPSA) is 63.2 Å². The molecule has 3 aliphatic carbocycles. The van der Waals surface area contributed by atoms with Crippen molar-refractivity contribution in [2.75, 3.05) is 4.90 Å². The summed E-state index contributed by atoms with van der Waals surface area (Å²) in [6.45, 7) is 0. The number of benzene rings is 4. The number of nitrogens with zero attached hydrogens (tertiary/aromatic N) is 3. The number of thiophene rings is 1. The first-order valence-electron chi connectivity index (χ1n) is 16.4. The van der Waals surface area contributed by atoms with Gasteiger partial charge < -0.3 is 4.90 Å². The number of anilines is 3. The summed E-state index contributed by atoms with van der Waals surface area (Å²) in [5, 5.41) is 0. The minimum Gasteiger partial charge on any atom is -0.310 e. The first-order valence-corrected chi connectivity index (χ1v) is 17.2. The fourth-order valence-corrected chi connectivity index (χ4v) is 9.19. The highest BCUT2D eigenvalue weighted by Crippen LogP contribution is 2.64. The molecule has 8 heteroatoms. The van der Waals surface area contributed by atoms with Crippen molar-refractivity contribution < 1.29 is 18.4 Å². The van der Waals surface area contributed by atoms with Crippen molar-refractivity contribution in [1.29, 1.82) is 0 Å². The van der Waals surface area contributed by atoms with Crippen molar-refractivity contribution in [2.24, 2.45) is 0 Å². The number of fused-ring (bicyclic) bond motifs is 11. The van der Waals surface area contributed by atoms with Gasteiger partial charge in [-0.1, -0.05) is 54.6 Å². The van der Waals surface area contributed by atoms with Gasteiger partial charge in [-0.15, -0.1) is 11.3 Å². The van der Waals surface area contributed by atoms with E-state index in [-0.39, 0.29) is 16.7 Å². The molecule has 0 N–H and O–H groups in total. The van der Waals surface area contributed by atoms with Gasteiger partial charge in [0.2, 0.25) is 0 Å². The van der Waals surface area contributed by atoms with Crippen LogP contribution in [0.2, 0.25) is 0 Å². The predicted octanol–water partition coefficient (Wildman–Crippen LogP) is 10.1. The van der Waals surface area contributed by atoms with Crippen molar-refractivity contribution >= 4 is 46.0 Å². The monoisotopic (exact) mass is 683 g/mol. The fraction of sp³-hybridized carbons (Fsp3) is 0.0233. The number of Topliss-reactive ketones (excluding diaryl/α,β-unsaturated/α-hetero) is 2. The lowest BCUT2D eigenvalue weighted by molar-refractivity contribution is 0.0990. The summed E-state index contributed by atoms with van der Waals surface area (Å²) in [5.74, 6) is -3.56. The van der Waals surface area contributed by atoms with Gasteiger partial charge in [0.15, 0.2) is 23.2 Å². The molecule has 0 saturated carbocycles. The van der Waals surface area contributed by atoms with Crippen LogP contribution in [0.3, 0.4) is 0 Å². The maximum Gasteiger partial charge on any atom is 0.197 e. The zero-order valence-electron chi connectivity index (χ0n) is 26.6. The van der Waals surface area contributed by atoms with Crippen LogP contribution >= 0.6 is 11.3 Å². The molecule has 51 heavy (non-hydrogen) atoms. The van der Waals surface area contributed by atoms with Gasteiger partial charge in [-0.05, 0) is 101 Å². The van der Waals surface area contributed by atoms with Gasteiger partial charge in [0.1, 0.15) is 0 Å². The van der Waals surface area contributed by atoms with E-state index in [1.165, 1.54) is 11.3 Å². The minimum absolute atomic E-state index is 0.114. The van der Waals surface area contributed by atoms with Crippen LogP contribution in [0.15, 0.2) is 139 Å². The predicted molar refractivity (Wildman–Crippen MR) is 194 cm³/mol. The van der Waals surface area contributed by atoms with Crippen LogP contribution in [-0.4, -0.2) is 21.5 Å². The van der Waals surface area contributed by atoms with Crippen molar-refractivity contribution in [2.45, 2.75) is 5.41 Å². The van der Waals surface area contributed by atoms with Gasteiger partial charge in [-0.25, -0.2) is 8.78 Å². The summed E-state index contributed by atoms with van der Waals surface area (Å²) in [5.41, 5.74) is 8.52. The largest absolute Gasteiger partial charge is 0.310 e. The number of para-hydroxylation sites is 2. The van der Waals surface area contributed by atoms with Crippen molar-refractivity contribution in [3.63, 3.8) is 0 Å². The highest BCUT2D eigenvalue weighted by atomic mass is 32.1. The van der Waals surface area contributed by atoms with Crippen LogP contribution < -0.4 is 4.90 Å². The van der Waals surface area contributed by atoms with Gasteiger partial charge >= 0.3 is 0 Å². The molecule has 0 unspecified atom stereocenters. The number of pyridine rings is 2. The quantitative estimate of drug-likeness (QED) is 0.137. The molecule has 3 heterocycles. The molecule has 1 spiro atoms. The van der Waals surface area contributed by atoms with Crippen molar-refractivity contribution in [3.05, 3.63) is 189 Å². The number of carbonyl (C=O) groups excluding carboxylic acids is 2. The SMILES string of the molecule is O=C1C(=Cc2cc3c(s2)-c2ccc(N(c4ccccc4)c4ccccc4)cc2C32c3cccnc3-c3ncccc32)C(=O)c2cc(F)c(F)cc21. The van der Waals surface area contributed by atoms with Gasteiger partial charge in [0.25, 0.3) is 0 Å². The normalized spacial score (nSPS) is 14.3.